The Morgan fingerprint density at radius 3 is 2.61 bits per heavy atom. The number of para-hydroxylation sites is 1. The summed E-state index contributed by atoms with van der Waals surface area (Å²) in [5, 5.41) is 3.09. The highest BCUT2D eigenvalue weighted by Gasteiger charge is 2.18. The first-order valence-electron chi connectivity index (χ1n) is 8.17. The third-order valence-corrected chi connectivity index (χ3v) is 4.26. The predicted octanol–water partition coefficient (Wildman–Crippen LogP) is 3.31. The summed E-state index contributed by atoms with van der Waals surface area (Å²) < 4.78 is 0. The molecule has 1 aromatic heterocycles. The molecule has 1 aliphatic rings. The Kier molecular flexibility index (Phi) is 4.86. The van der Waals surface area contributed by atoms with E-state index in [1.807, 2.05) is 42.3 Å². The topological polar surface area (TPSA) is 58.1 Å². The van der Waals surface area contributed by atoms with Gasteiger partial charge >= 0.3 is 0 Å². The zero-order valence-corrected chi connectivity index (χ0v) is 13.4. The summed E-state index contributed by atoms with van der Waals surface area (Å²) >= 11 is 0. The van der Waals surface area contributed by atoms with Crippen LogP contribution in [0, 0.1) is 0 Å². The molecule has 1 heterocycles. The number of carbonyl (C=O) groups is 1. The number of benzene rings is 1. The van der Waals surface area contributed by atoms with Crippen LogP contribution in [-0.4, -0.2) is 29.0 Å². The highest BCUT2D eigenvalue weighted by molar-refractivity contribution is 5.92. The van der Waals surface area contributed by atoms with Crippen molar-refractivity contribution < 1.29 is 4.79 Å². The Bertz CT molecular complexity index is 653. The van der Waals surface area contributed by atoms with Crippen molar-refractivity contribution in [2.45, 2.75) is 38.1 Å². The van der Waals surface area contributed by atoms with Gasteiger partial charge in [-0.3, -0.25) is 4.79 Å². The number of amides is 1. The van der Waals surface area contributed by atoms with Gasteiger partial charge in [-0.05, 0) is 31.0 Å². The first kappa shape index (κ1) is 15.5. The lowest BCUT2D eigenvalue weighted by atomic mass is 9.95. The van der Waals surface area contributed by atoms with E-state index in [4.69, 9.17) is 0 Å². The first-order valence-corrected chi connectivity index (χ1v) is 8.17. The maximum atomic E-state index is 12.4. The molecule has 3 rings (SSSR count). The molecule has 1 saturated carbocycles. The maximum absolute atomic E-state index is 12.4. The number of hydrogen-bond acceptors (Lipinski definition) is 4. The van der Waals surface area contributed by atoms with Gasteiger partial charge in [0.05, 0.1) is 0 Å². The molecule has 0 spiro atoms. The molecule has 1 fully saturated rings. The Balaban J connectivity index is 1.72. The second-order valence-electron chi connectivity index (χ2n) is 5.94. The van der Waals surface area contributed by atoms with E-state index in [1.54, 1.807) is 12.3 Å². The standard InChI is InChI=1S/C18H22N4O/c1-22(15-10-6-3-7-11-15)18-19-13-12-16(21-18)17(23)20-14-8-4-2-5-9-14/h3,6-7,10-14H,2,4-5,8-9H2,1H3,(H,20,23). The van der Waals surface area contributed by atoms with E-state index in [0.717, 1.165) is 18.5 Å². The van der Waals surface area contributed by atoms with E-state index in [0.29, 0.717) is 11.6 Å². The highest BCUT2D eigenvalue weighted by Crippen LogP contribution is 2.20. The van der Waals surface area contributed by atoms with Crippen LogP contribution in [-0.2, 0) is 0 Å². The monoisotopic (exact) mass is 310 g/mol. The molecule has 0 aliphatic heterocycles. The summed E-state index contributed by atoms with van der Waals surface area (Å²) in [5.74, 6) is 0.412. The van der Waals surface area contributed by atoms with Crippen LogP contribution >= 0.6 is 0 Å². The van der Waals surface area contributed by atoms with Crippen LogP contribution in [0.15, 0.2) is 42.6 Å². The molecule has 5 heteroatoms. The van der Waals surface area contributed by atoms with Gasteiger partial charge in [0, 0.05) is 25.0 Å². The minimum Gasteiger partial charge on any atom is -0.348 e. The Morgan fingerprint density at radius 2 is 1.87 bits per heavy atom. The van der Waals surface area contributed by atoms with E-state index in [9.17, 15) is 4.79 Å². The van der Waals surface area contributed by atoms with Gasteiger partial charge in [-0.2, -0.15) is 0 Å². The minimum atomic E-state index is -0.109. The molecular formula is C18H22N4O. The molecule has 0 saturated heterocycles. The summed E-state index contributed by atoms with van der Waals surface area (Å²) in [6.45, 7) is 0. The van der Waals surface area contributed by atoms with Crippen molar-refractivity contribution >= 4 is 17.5 Å². The molecule has 1 aliphatic carbocycles. The van der Waals surface area contributed by atoms with Crippen molar-refractivity contribution in [3.63, 3.8) is 0 Å². The van der Waals surface area contributed by atoms with Crippen LogP contribution in [0.1, 0.15) is 42.6 Å². The van der Waals surface area contributed by atoms with Crippen LogP contribution in [0.25, 0.3) is 0 Å². The number of anilines is 2. The minimum absolute atomic E-state index is 0.109. The SMILES string of the molecule is CN(c1ccccc1)c1nccc(C(=O)NC2CCCCC2)n1. The predicted molar refractivity (Wildman–Crippen MR) is 90.9 cm³/mol. The molecule has 23 heavy (non-hydrogen) atoms. The Morgan fingerprint density at radius 1 is 1.13 bits per heavy atom. The number of nitrogens with one attached hydrogen (secondary N) is 1. The molecule has 1 N–H and O–H groups in total. The van der Waals surface area contributed by atoms with Crippen LogP contribution in [0.2, 0.25) is 0 Å². The van der Waals surface area contributed by atoms with Crippen molar-refractivity contribution in [2.75, 3.05) is 11.9 Å². The second kappa shape index (κ2) is 7.22. The van der Waals surface area contributed by atoms with Crippen LogP contribution in [0.3, 0.4) is 0 Å². The molecule has 2 aromatic rings. The summed E-state index contributed by atoms with van der Waals surface area (Å²) in [6.07, 6.45) is 7.41. The number of nitrogens with zero attached hydrogens (tertiary/aromatic N) is 3. The summed E-state index contributed by atoms with van der Waals surface area (Å²) in [7, 11) is 1.90. The molecule has 0 unspecified atom stereocenters. The van der Waals surface area contributed by atoms with E-state index in [1.165, 1.54) is 19.3 Å². The lowest BCUT2D eigenvalue weighted by Gasteiger charge is -2.23. The number of carbonyl (C=O) groups excluding carboxylic acids is 1. The van der Waals surface area contributed by atoms with Crippen molar-refractivity contribution in [3.05, 3.63) is 48.3 Å². The molecule has 1 amide bonds. The van der Waals surface area contributed by atoms with Crippen molar-refractivity contribution in [2.24, 2.45) is 0 Å². The fraction of sp³-hybridized carbons (Fsp3) is 0.389. The third-order valence-electron chi connectivity index (χ3n) is 4.26. The number of rotatable bonds is 4. The molecule has 1 aromatic carbocycles. The van der Waals surface area contributed by atoms with E-state index in [2.05, 4.69) is 15.3 Å². The number of hydrogen-bond donors (Lipinski definition) is 1. The fourth-order valence-corrected chi connectivity index (χ4v) is 2.91. The summed E-state index contributed by atoms with van der Waals surface area (Å²) in [5.41, 5.74) is 1.40. The van der Waals surface area contributed by atoms with Gasteiger partial charge in [-0.25, -0.2) is 9.97 Å². The van der Waals surface area contributed by atoms with E-state index in [-0.39, 0.29) is 11.9 Å². The van der Waals surface area contributed by atoms with Gasteiger partial charge in [-0.1, -0.05) is 37.5 Å². The van der Waals surface area contributed by atoms with Crippen molar-refractivity contribution in [1.29, 1.82) is 0 Å². The molecule has 0 radical (unpaired) electrons. The smallest absolute Gasteiger partial charge is 0.270 e. The van der Waals surface area contributed by atoms with E-state index < -0.39 is 0 Å². The molecule has 0 bridgehead atoms. The van der Waals surface area contributed by atoms with Crippen LogP contribution < -0.4 is 10.2 Å². The summed E-state index contributed by atoms with van der Waals surface area (Å²) in [6, 6.07) is 11.8. The molecule has 5 nitrogen and oxygen atoms in total. The quantitative estimate of drug-likeness (QED) is 0.941. The molecule has 0 atom stereocenters. The van der Waals surface area contributed by atoms with Gasteiger partial charge in [0.25, 0.3) is 5.91 Å². The normalized spacial score (nSPS) is 15.2. The zero-order valence-electron chi connectivity index (χ0n) is 13.4. The second-order valence-corrected chi connectivity index (χ2v) is 5.94. The van der Waals surface area contributed by atoms with Crippen molar-refractivity contribution in [1.82, 2.24) is 15.3 Å². The average molecular weight is 310 g/mol. The highest BCUT2D eigenvalue weighted by atomic mass is 16.1. The van der Waals surface area contributed by atoms with Crippen molar-refractivity contribution in [3.8, 4) is 0 Å². The maximum Gasteiger partial charge on any atom is 0.270 e. The third kappa shape index (κ3) is 3.86. The van der Waals surface area contributed by atoms with Crippen LogP contribution in [0.4, 0.5) is 11.6 Å². The lowest BCUT2D eigenvalue weighted by Crippen LogP contribution is -2.36. The van der Waals surface area contributed by atoms with Gasteiger partial charge in [0.15, 0.2) is 0 Å². The zero-order chi connectivity index (χ0) is 16.1. The van der Waals surface area contributed by atoms with Gasteiger partial charge in [0.1, 0.15) is 5.69 Å². The number of aromatic nitrogens is 2. The summed E-state index contributed by atoms with van der Waals surface area (Å²) in [4.78, 5) is 23.0. The van der Waals surface area contributed by atoms with Gasteiger partial charge in [-0.15, -0.1) is 0 Å². The largest absolute Gasteiger partial charge is 0.348 e. The van der Waals surface area contributed by atoms with Crippen LogP contribution in [0.5, 0.6) is 0 Å². The Hall–Kier alpha value is -2.43. The fourth-order valence-electron chi connectivity index (χ4n) is 2.91. The molecular weight excluding hydrogens is 288 g/mol. The van der Waals surface area contributed by atoms with Gasteiger partial charge in [0.2, 0.25) is 5.95 Å². The average Bonchev–Trinajstić information content (AvgIpc) is 2.63. The van der Waals surface area contributed by atoms with E-state index >= 15 is 0 Å². The van der Waals surface area contributed by atoms with Gasteiger partial charge < -0.3 is 10.2 Å². The lowest BCUT2D eigenvalue weighted by molar-refractivity contribution is 0.0922. The Labute approximate surface area is 136 Å². The first-order chi connectivity index (χ1) is 11.2. The molecule has 120 valence electrons.